The largest absolute Gasteiger partial charge is 0.369 e. The van der Waals surface area contributed by atoms with Crippen LogP contribution in [0.5, 0.6) is 0 Å². The normalized spacial score (nSPS) is 34.4. The molecule has 0 unspecified atom stereocenters. The van der Waals surface area contributed by atoms with Crippen molar-refractivity contribution >= 4 is 5.91 Å². The van der Waals surface area contributed by atoms with Crippen LogP contribution in [0, 0.1) is 22.7 Å². The Morgan fingerprint density at radius 1 is 1.38 bits per heavy atom. The van der Waals surface area contributed by atoms with E-state index < -0.39 is 5.41 Å². The number of nitrogens with two attached hydrogens (primary N) is 1. The van der Waals surface area contributed by atoms with Gasteiger partial charge < -0.3 is 5.73 Å². The van der Waals surface area contributed by atoms with E-state index in [1.807, 2.05) is 19.1 Å². The summed E-state index contributed by atoms with van der Waals surface area (Å²) in [5.74, 6) is 0.107. The number of carbonyl (C=O) groups excluding carboxylic acids is 1. The molecule has 0 bridgehead atoms. The van der Waals surface area contributed by atoms with E-state index in [2.05, 4.69) is 19.1 Å². The van der Waals surface area contributed by atoms with Gasteiger partial charge in [-0.25, -0.2) is 0 Å². The zero-order valence-corrected chi connectivity index (χ0v) is 12.8. The lowest BCUT2D eigenvalue weighted by Crippen LogP contribution is -2.54. The van der Waals surface area contributed by atoms with E-state index in [-0.39, 0.29) is 17.2 Å². The highest BCUT2D eigenvalue weighted by Gasteiger charge is 2.54. The highest BCUT2D eigenvalue weighted by molar-refractivity contribution is 5.81. The molecule has 110 valence electrons. The van der Waals surface area contributed by atoms with Gasteiger partial charge in [-0.15, -0.1) is 0 Å². The summed E-state index contributed by atoms with van der Waals surface area (Å²) in [7, 11) is 0. The predicted molar refractivity (Wildman–Crippen MR) is 81.5 cm³/mol. The summed E-state index contributed by atoms with van der Waals surface area (Å²) in [5.41, 5.74) is 8.60. The van der Waals surface area contributed by atoms with E-state index in [0.717, 1.165) is 32.1 Å². The van der Waals surface area contributed by atoms with Crippen molar-refractivity contribution in [2.75, 3.05) is 0 Å². The highest BCUT2D eigenvalue weighted by atomic mass is 16.1. The van der Waals surface area contributed by atoms with Gasteiger partial charge in [0.25, 0.3) is 0 Å². The van der Waals surface area contributed by atoms with E-state index in [9.17, 15) is 10.1 Å². The van der Waals surface area contributed by atoms with Crippen molar-refractivity contribution in [2.45, 2.75) is 51.4 Å². The number of rotatable bonds is 1. The Labute approximate surface area is 126 Å². The lowest BCUT2D eigenvalue weighted by Gasteiger charge is -2.54. The van der Waals surface area contributed by atoms with Gasteiger partial charge in [0, 0.05) is 5.41 Å². The first-order chi connectivity index (χ1) is 9.91. The Morgan fingerprint density at radius 2 is 2.14 bits per heavy atom. The van der Waals surface area contributed by atoms with Gasteiger partial charge in [0.15, 0.2) is 0 Å². The third kappa shape index (κ3) is 1.89. The molecule has 1 fully saturated rings. The molecule has 0 aromatic heterocycles. The van der Waals surface area contributed by atoms with E-state index in [1.165, 1.54) is 11.1 Å². The molecule has 3 rings (SSSR count). The first-order valence-electron chi connectivity index (χ1n) is 7.75. The van der Waals surface area contributed by atoms with Crippen LogP contribution in [0.15, 0.2) is 18.2 Å². The summed E-state index contributed by atoms with van der Waals surface area (Å²) in [5, 5.41) is 9.19. The molecule has 1 amide bonds. The standard InChI is InChI=1S/C18H22N2O/c1-17-8-3-9-18(2,16(20)21)15(17)7-6-13-5-4-12(11-19)10-14(13)17/h4-5,10,15H,3,6-9H2,1-2H3,(H2,20,21)/t15-,17-,18+/m1/s1. The fraction of sp³-hybridized carbons (Fsp3) is 0.556. The molecule has 3 nitrogen and oxygen atoms in total. The van der Waals surface area contributed by atoms with Gasteiger partial charge >= 0.3 is 0 Å². The van der Waals surface area contributed by atoms with Crippen molar-refractivity contribution in [3.05, 3.63) is 34.9 Å². The van der Waals surface area contributed by atoms with Gasteiger partial charge in [0.05, 0.1) is 11.6 Å². The second-order valence-corrected chi connectivity index (χ2v) is 7.13. The quantitative estimate of drug-likeness (QED) is 0.860. The number of hydrogen-bond acceptors (Lipinski definition) is 2. The molecule has 0 heterocycles. The first kappa shape index (κ1) is 14.1. The summed E-state index contributed by atoms with van der Waals surface area (Å²) in [6, 6.07) is 8.27. The molecule has 1 saturated carbocycles. The third-order valence-electron chi connectivity index (χ3n) is 6.05. The van der Waals surface area contributed by atoms with Crippen LogP contribution in [0.25, 0.3) is 0 Å². The van der Waals surface area contributed by atoms with Crippen LogP contribution in [-0.4, -0.2) is 5.91 Å². The third-order valence-corrected chi connectivity index (χ3v) is 6.05. The smallest absolute Gasteiger partial charge is 0.223 e. The lowest BCUT2D eigenvalue weighted by molar-refractivity contribution is -0.135. The van der Waals surface area contributed by atoms with Gasteiger partial charge in [-0.2, -0.15) is 5.26 Å². The second kappa shape index (κ2) is 4.59. The van der Waals surface area contributed by atoms with Crippen molar-refractivity contribution in [3.8, 4) is 6.07 Å². The summed E-state index contributed by atoms with van der Waals surface area (Å²) < 4.78 is 0. The van der Waals surface area contributed by atoms with Crippen LogP contribution >= 0.6 is 0 Å². The molecule has 2 N–H and O–H groups in total. The maximum absolute atomic E-state index is 12.1. The van der Waals surface area contributed by atoms with Gasteiger partial charge in [0.1, 0.15) is 0 Å². The Bertz CT molecular complexity index is 645. The van der Waals surface area contributed by atoms with Crippen LogP contribution in [0.2, 0.25) is 0 Å². The molecular formula is C18H22N2O. The van der Waals surface area contributed by atoms with Crippen molar-refractivity contribution in [1.29, 1.82) is 5.26 Å². The average Bonchev–Trinajstić information content (AvgIpc) is 2.46. The average molecular weight is 282 g/mol. The number of primary amides is 1. The molecule has 0 aliphatic heterocycles. The number of nitrogens with zero attached hydrogens (tertiary/aromatic N) is 1. The Balaban J connectivity index is 2.15. The van der Waals surface area contributed by atoms with Crippen molar-refractivity contribution < 1.29 is 4.79 Å². The number of fused-ring (bicyclic) bond motifs is 3. The number of aryl methyl sites for hydroxylation is 1. The fourth-order valence-corrected chi connectivity index (χ4v) is 4.82. The van der Waals surface area contributed by atoms with Crippen molar-refractivity contribution in [2.24, 2.45) is 17.1 Å². The minimum absolute atomic E-state index is 0.0392. The molecular weight excluding hydrogens is 260 g/mol. The molecule has 0 spiro atoms. The van der Waals surface area contributed by atoms with E-state index in [4.69, 9.17) is 5.73 Å². The maximum Gasteiger partial charge on any atom is 0.223 e. The molecule has 3 atom stereocenters. The number of benzene rings is 1. The van der Waals surface area contributed by atoms with E-state index in [0.29, 0.717) is 5.56 Å². The topological polar surface area (TPSA) is 66.9 Å². The summed E-state index contributed by atoms with van der Waals surface area (Å²) in [4.78, 5) is 12.1. The molecule has 2 aliphatic rings. The van der Waals surface area contributed by atoms with Crippen LogP contribution in [-0.2, 0) is 16.6 Å². The number of hydrogen-bond donors (Lipinski definition) is 1. The first-order valence-corrected chi connectivity index (χ1v) is 7.75. The molecule has 2 aliphatic carbocycles. The monoisotopic (exact) mass is 282 g/mol. The molecule has 0 radical (unpaired) electrons. The zero-order valence-electron chi connectivity index (χ0n) is 12.8. The molecule has 21 heavy (non-hydrogen) atoms. The van der Waals surface area contributed by atoms with Crippen LogP contribution in [0.1, 0.15) is 56.2 Å². The minimum atomic E-state index is -0.423. The van der Waals surface area contributed by atoms with Crippen LogP contribution < -0.4 is 5.73 Å². The van der Waals surface area contributed by atoms with E-state index in [1.54, 1.807) is 0 Å². The predicted octanol–water partition coefficient (Wildman–Crippen LogP) is 3.05. The highest BCUT2D eigenvalue weighted by Crippen LogP contribution is 2.57. The SMILES string of the molecule is C[C@]1(C(N)=O)CCC[C@]2(C)c3cc(C#N)ccc3CC[C@@H]12. The Hall–Kier alpha value is -1.82. The van der Waals surface area contributed by atoms with Crippen LogP contribution in [0.4, 0.5) is 0 Å². The zero-order chi connectivity index (χ0) is 15.3. The summed E-state index contributed by atoms with van der Waals surface area (Å²) in [6.45, 7) is 4.30. The van der Waals surface area contributed by atoms with Gasteiger partial charge in [-0.1, -0.05) is 26.3 Å². The number of amides is 1. The summed E-state index contributed by atoms with van der Waals surface area (Å²) in [6.07, 6.45) is 4.96. The molecule has 1 aromatic carbocycles. The second-order valence-electron chi connectivity index (χ2n) is 7.13. The summed E-state index contributed by atoms with van der Waals surface area (Å²) >= 11 is 0. The minimum Gasteiger partial charge on any atom is -0.369 e. The van der Waals surface area contributed by atoms with Gasteiger partial charge in [-0.05, 0) is 60.3 Å². The number of carbonyl (C=O) groups is 1. The van der Waals surface area contributed by atoms with Crippen LogP contribution in [0.3, 0.4) is 0 Å². The van der Waals surface area contributed by atoms with E-state index >= 15 is 0 Å². The maximum atomic E-state index is 12.1. The molecule has 1 aromatic rings. The molecule has 0 saturated heterocycles. The Morgan fingerprint density at radius 3 is 2.81 bits per heavy atom. The van der Waals surface area contributed by atoms with Crippen molar-refractivity contribution in [1.82, 2.24) is 0 Å². The van der Waals surface area contributed by atoms with Gasteiger partial charge in [0.2, 0.25) is 5.91 Å². The lowest BCUT2D eigenvalue weighted by atomic mass is 9.49. The fourth-order valence-electron chi connectivity index (χ4n) is 4.82. The Kier molecular flexibility index (Phi) is 3.09. The number of nitriles is 1. The van der Waals surface area contributed by atoms with Crippen molar-refractivity contribution in [3.63, 3.8) is 0 Å². The van der Waals surface area contributed by atoms with Gasteiger partial charge in [-0.3, -0.25) is 4.79 Å². The molecule has 3 heteroatoms.